The van der Waals surface area contributed by atoms with Gasteiger partial charge in [-0.2, -0.15) is 0 Å². The topological polar surface area (TPSA) is 75.7 Å². The van der Waals surface area contributed by atoms with E-state index < -0.39 is 28.3 Å². The summed E-state index contributed by atoms with van der Waals surface area (Å²) in [4.78, 5) is 12.5. The molecule has 1 N–H and O–H groups in total. The monoisotopic (exact) mass is 440 g/mol. The van der Waals surface area contributed by atoms with Crippen LogP contribution in [0.1, 0.15) is 0 Å². The lowest BCUT2D eigenvalue weighted by molar-refractivity contribution is -0.114. The van der Waals surface area contributed by atoms with Crippen molar-refractivity contribution in [1.29, 1.82) is 0 Å². The van der Waals surface area contributed by atoms with E-state index in [4.69, 9.17) is 4.74 Å². The van der Waals surface area contributed by atoms with Crippen LogP contribution in [0.4, 0.5) is 15.8 Å². The average molecular weight is 440 g/mol. The summed E-state index contributed by atoms with van der Waals surface area (Å²) in [6.07, 6.45) is 1.62. The molecule has 0 aliphatic carbocycles. The van der Waals surface area contributed by atoms with Crippen molar-refractivity contribution >= 4 is 27.3 Å². The number of benzene rings is 3. The zero-order chi connectivity index (χ0) is 22.3. The van der Waals surface area contributed by atoms with Gasteiger partial charge in [-0.15, -0.1) is 0 Å². The Morgan fingerprint density at radius 3 is 2.26 bits per heavy atom. The van der Waals surface area contributed by atoms with Crippen LogP contribution in [-0.4, -0.2) is 27.5 Å². The number of nitrogens with one attached hydrogen (secondary N) is 1. The number of anilines is 2. The molecule has 0 radical (unpaired) electrons. The maximum absolute atomic E-state index is 13.3. The second-order valence-corrected chi connectivity index (χ2v) is 8.34. The number of carbonyl (C=O) groups is 1. The first kappa shape index (κ1) is 22.0. The zero-order valence-corrected chi connectivity index (χ0v) is 17.4. The minimum absolute atomic E-state index is 0.116. The van der Waals surface area contributed by atoms with E-state index in [-0.39, 0.29) is 4.90 Å². The molecule has 0 saturated heterocycles. The van der Waals surface area contributed by atoms with E-state index in [9.17, 15) is 17.6 Å². The van der Waals surface area contributed by atoms with Crippen LogP contribution in [0.3, 0.4) is 0 Å². The number of para-hydroxylation sites is 1. The molecule has 0 spiro atoms. The van der Waals surface area contributed by atoms with Crippen LogP contribution in [0.15, 0.2) is 96.4 Å². The average Bonchev–Trinajstić information content (AvgIpc) is 2.78. The third-order valence-electron chi connectivity index (χ3n) is 4.24. The van der Waals surface area contributed by atoms with Crippen LogP contribution >= 0.6 is 0 Å². The number of carbonyl (C=O) groups excluding carboxylic acids is 1. The Balaban J connectivity index is 1.81. The largest absolute Gasteiger partial charge is 0.490 e. The fourth-order valence-electron chi connectivity index (χ4n) is 2.76. The summed E-state index contributed by atoms with van der Waals surface area (Å²) in [6, 6.07) is 19.4. The number of hydrogen-bond acceptors (Lipinski definition) is 4. The number of nitrogens with zero attached hydrogens (tertiary/aromatic N) is 1. The van der Waals surface area contributed by atoms with Gasteiger partial charge in [0.05, 0.1) is 10.6 Å². The van der Waals surface area contributed by atoms with E-state index in [0.29, 0.717) is 23.7 Å². The first-order chi connectivity index (χ1) is 14.9. The lowest BCUT2D eigenvalue weighted by atomic mass is 10.3. The summed E-state index contributed by atoms with van der Waals surface area (Å²) in [6.45, 7) is 3.48. The summed E-state index contributed by atoms with van der Waals surface area (Å²) < 4.78 is 46.0. The molecule has 0 fully saturated rings. The molecule has 3 rings (SSSR count). The van der Waals surface area contributed by atoms with E-state index in [0.717, 1.165) is 16.4 Å². The number of amides is 1. The van der Waals surface area contributed by atoms with Crippen molar-refractivity contribution in [3.05, 3.63) is 97.3 Å². The van der Waals surface area contributed by atoms with E-state index in [1.165, 1.54) is 12.1 Å². The van der Waals surface area contributed by atoms with Crippen LogP contribution in [0.2, 0.25) is 0 Å². The molecule has 31 heavy (non-hydrogen) atoms. The van der Waals surface area contributed by atoms with Gasteiger partial charge in [-0.25, -0.2) is 12.8 Å². The summed E-state index contributed by atoms with van der Waals surface area (Å²) in [5, 5.41) is 2.68. The van der Waals surface area contributed by atoms with Crippen molar-refractivity contribution in [2.45, 2.75) is 4.90 Å². The molecule has 6 nitrogen and oxygen atoms in total. The highest BCUT2D eigenvalue weighted by Gasteiger charge is 2.27. The standard InChI is InChI=1S/C23H21FN2O4S/c1-2-16-30-21-12-10-19(11-13-21)25-23(27)17-26(20-6-4-3-5-7-20)31(28,29)22-14-8-18(24)9-15-22/h2-15H,1,16-17H2,(H,25,27). The Kier molecular flexibility index (Phi) is 7.04. The summed E-state index contributed by atoms with van der Waals surface area (Å²) in [7, 11) is -4.10. The van der Waals surface area contributed by atoms with Crippen molar-refractivity contribution in [2.24, 2.45) is 0 Å². The molecule has 0 aliphatic rings. The molecular formula is C23H21FN2O4S. The highest BCUT2D eigenvalue weighted by molar-refractivity contribution is 7.92. The summed E-state index contributed by atoms with van der Waals surface area (Å²) in [5.41, 5.74) is 0.804. The SMILES string of the molecule is C=CCOc1ccc(NC(=O)CN(c2ccccc2)S(=O)(=O)c2ccc(F)cc2)cc1. The van der Waals surface area contributed by atoms with Crippen LogP contribution in [-0.2, 0) is 14.8 Å². The van der Waals surface area contributed by atoms with Crippen LogP contribution in [0, 0.1) is 5.82 Å². The number of halogens is 1. The fourth-order valence-corrected chi connectivity index (χ4v) is 4.18. The molecule has 0 aromatic heterocycles. The normalized spacial score (nSPS) is 10.9. The molecule has 0 atom stereocenters. The molecule has 1 amide bonds. The molecule has 0 aliphatic heterocycles. The second-order valence-electron chi connectivity index (χ2n) is 6.47. The van der Waals surface area contributed by atoms with Gasteiger partial charge in [0, 0.05) is 5.69 Å². The van der Waals surface area contributed by atoms with Gasteiger partial charge in [0.2, 0.25) is 5.91 Å². The lowest BCUT2D eigenvalue weighted by Crippen LogP contribution is -2.38. The maximum Gasteiger partial charge on any atom is 0.264 e. The Morgan fingerprint density at radius 1 is 1.00 bits per heavy atom. The molecule has 3 aromatic carbocycles. The highest BCUT2D eigenvalue weighted by Crippen LogP contribution is 2.24. The van der Waals surface area contributed by atoms with Gasteiger partial charge in [-0.1, -0.05) is 30.9 Å². The Labute approximate surface area is 180 Å². The van der Waals surface area contributed by atoms with E-state index >= 15 is 0 Å². The zero-order valence-electron chi connectivity index (χ0n) is 16.6. The second kappa shape index (κ2) is 9.90. The number of hydrogen-bond donors (Lipinski definition) is 1. The number of ether oxygens (including phenoxy) is 1. The van der Waals surface area contributed by atoms with Gasteiger partial charge in [-0.05, 0) is 60.7 Å². The third-order valence-corrected chi connectivity index (χ3v) is 6.03. The third kappa shape index (κ3) is 5.70. The molecular weight excluding hydrogens is 419 g/mol. The Hall–Kier alpha value is -3.65. The van der Waals surface area contributed by atoms with E-state index in [2.05, 4.69) is 11.9 Å². The van der Waals surface area contributed by atoms with Crippen LogP contribution in [0.5, 0.6) is 5.75 Å². The Morgan fingerprint density at radius 2 is 1.65 bits per heavy atom. The van der Waals surface area contributed by atoms with Crippen molar-refractivity contribution in [3.8, 4) is 5.75 Å². The molecule has 160 valence electrons. The smallest absolute Gasteiger partial charge is 0.264 e. The molecule has 0 bridgehead atoms. The van der Waals surface area contributed by atoms with E-state index in [1.807, 2.05) is 0 Å². The molecule has 8 heteroatoms. The first-order valence-electron chi connectivity index (χ1n) is 9.37. The first-order valence-corrected chi connectivity index (χ1v) is 10.8. The highest BCUT2D eigenvalue weighted by atomic mass is 32.2. The van der Waals surface area contributed by atoms with Crippen molar-refractivity contribution in [2.75, 3.05) is 22.8 Å². The predicted octanol–water partition coefficient (Wildman–Crippen LogP) is 4.22. The van der Waals surface area contributed by atoms with Gasteiger partial charge in [0.25, 0.3) is 10.0 Å². The molecule has 0 heterocycles. The maximum atomic E-state index is 13.3. The van der Waals surface area contributed by atoms with Gasteiger partial charge < -0.3 is 10.1 Å². The summed E-state index contributed by atoms with van der Waals surface area (Å²) >= 11 is 0. The molecule has 3 aromatic rings. The van der Waals surface area contributed by atoms with Crippen LogP contribution in [0.25, 0.3) is 0 Å². The minimum Gasteiger partial charge on any atom is -0.490 e. The Bertz CT molecular complexity index is 1130. The predicted molar refractivity (Wildman–Crippen MR) is 118 cm³/mol. The number of rotatable bonds is 9. The van der Waals surface area contributed by atoms with E-state index in [1.54, 1.807) is 60.7 Å². The molecule has 0 unspecified atom stereocenters. The molecule has 0 saturated carbocycles. The van der Waals surface area contributed by atoms with Crippen molar-refractivity contribution < 1.29 is 22.3 Å². The van der Waals surface area contributed by atoms with Gasteiger partial charge >= 0.3 is 0 Å². The van der Waals surface area contributed by atoms with Crippen LogP contribution < -0.4 is 14.4 Å². The van der Waals surface area contributed by atoms with Crippen molar-refractivity contribution in [3.63, 3.8) is 0 Å². The lowest BCUT2D eigenvalue weighted by Gasteiger charge is -2.24. The van der Waals surface area contributed by atoms with Gasteiger partial charge in [0.1, 0.15) is 24.7 Å². The quantitative estimate of drug-likeness (QED) is 0.506. The van der Waals surface area contributed by atoms with Crippen molar-refractivity contribution in [1.82, 2.24) is 0 Å². The fraction of sp³-hybridized carbons (Fsp3) is 0.0870. The minimum atomic E-state index is -4.10. The summed E-state index contributed by atoms with van der Waals surface area (Å²) in [5.74, 6) is -0.472. The van der Waals surface area contributed by atoms with Gasteiger partial charge in [-0.3, -0.25) is 9.10 Å². The number of sulfonamides is 1. The van der Waals surface area contributed by atoms with Gasteiger partial charge in [0.15, 0.2) is 0 Å².